The van der Waals surface area contributed by atoms with Gasteiger partial charge in [-0.05, 0) is 44.2 Å². The van der Waals surface area contributed by atoms with E-state index >= 15 is 0 Å². The third-order valence-electron chi connectivity index (χ3n) is 4.65. The van der Waals surface area contributed by atoms with E-state index in [4.69, 9.17) is 0 Å². The van der Waals surface area contributed by atoms with E-state index in [2.05, 4.69) is 33.0 Å². The lowest BCUT2D eigenvalue weighted by Gasteiger charge is -2.39. The predicted molar refractivity (Wildman–Crippen MR) is 88.4 cm³/mol. The Morgan fingerprint density at radius 1 is 1.38 bits per heavy atom. The summed E-state index contributed by atoms with van der Waals surface area (Å²) >= 11 is 0. The van der Waals surface area contributed by atoms with E-state index in [9.17, 15) is 8.42 Å². The monoisotopic (exact) mass is 319 g/mol. The molecule has 1 heterocycles. The molecule has 21 heavy (non-hydrogen) atoms. The SMILES string of the molecule is CCNCC1CCCN(S(=O)(=O)N(C)C(C)C(C)(C)C)C1. The molecule has 1 aliphatic heterocycles. The van der Waals surface area contributed by atoms with E-state index in [0.717, 1.165) is 25.9 Å². The minimum absolute atomic E-state index is 0.0309. The van der Waals surface area contributed by atoms with Crippen molar-refractivity contribution in [1.29, 1.82) is 0 Å². The Hall–Kier alpha value is -0.170. The predicted octanol–water partition coefficient (Wildman–Crippen LogP) is 1.92. The average Bonchev–Trinajstić information content (AvgIpc) is 2.42. The number of hydrogen-bond donors (Lipinski definition) is 1. The molecule has 0 aliphatic carbocycles. The fraction of sp³-hybridized carbons (Fsp3) is 1.00. The van der Waals surface area contributed by atoms with Crippen molar-refractivity contribution in [3.05, 3.63) is 0 Å². The van der Waals surface area contributed by atoms with Crippen LogP contribution >= 0.6 is 0 Å². The topological polar surface area (TPSA) is 52.7 Å². The first-order valence-electron chi connectivity index (χ1n) is 8.04. The third-order valence-corrected chi connectivity index (χ3v) is 6.68. The lowest BCUT2D eigenvalue weighted by atomic mass is 9.88. The van der Waals surface area contributed by atoms with Crippen LogP contribution in [0.3, 0.4) is 0 Å². The summed E-state index contributed by atoms with van der Waals surface area (Å²) in [6, 6.07) is -0.0309. The van der Waals surface area contributed by atoms with E-state index in [1.165, 1.54) is 0 Å². The van der Waals surface area contributed by atoms with Crippen molar-refractivity contribution in [2.24, 2.45) is 11.3 Å². The Morgan fingerprint density at radius 3 is 2.52 bits per heavy atom. The molecule has 6 heteroatoms. The Bertz CT molecular complexity index is 417. The van der Waals surface area contributed by atoms with Crippen molar-refractivity contribution < 1.29 is 8.42 Å². The first-order valence-corrected chi connectivity index (χ1v) is 9.44. The molecule has 1 saturated heterocycles. The van der Waals surface area contributed by atoms with Gasteiger partial charge in [-0.1, -0.05) is 27.7 Å². The second-order valence-electron chi connectivity index (χ2n) is 7.24. The first-order chi connectivity index (χ1) is 9.60. The van der Waals surface area contributed by atoms with Crippen LogP contribution < -0.4 is 5.32 Å². The summed E-state index contributed by atoms with van der Waals surface area (Å²) in [6.07, 6.45) is 2.06. The van der Waals surface area contributed by atoms with Crippen molar-refractivity contribution in [1.82, 2.24) is 13.9 Å². The highest BCUT2D eigenvalue weighted by Gasteiger charge is 2.37. The largest absolute Gasteiger partial charge is 0.317 e. The molecule has 1 fully saturated rings. The Morgan fingerprint density at radius 2 is 2.00 bits per heavy atom. The Labute approximate surface area is 131 Å². The van der Waals surface area contributed by atoms with Crippen molar-refractivity contribution in [3.63, 3.8) is 0 Å². The highest BCUT2D eigenvalue weighted by Crippen LogP contribution is 2.28. The van der Waals surface area contributed by atoms with Gasteiger partial charge in [-0.15, -0.1) is 0 Å². The fourth-order valence-corrected chi connectivity index (χ4v) is 4.52. The molecular formula is C15H33N3O2S. The minimum Gasteiger partial charge on any atom is -0.317 e. The van der Waals surface area contributed by atoms with E-state index in [-0.39, 0.29) is 11.5 Å². The molecule has 0 saturated carbocycles. The normalized spacial score (nSPS) is 23.5. The molecule has 0 bridgehead atoms. The zero-order valence-electron chi connectivity index (χ0n) is 14.5. The van der Waals surface area contributed by atoms with Crippen LogP contribution in [0.4, 0.5) is 0 Å². The maximum Gasteiger partial charge on any atom is 0.281 e. The number of rotatable bonds is 6. The Kier molecular flexibility index (Phi) is 6.65. The quantitative estimate of drug-likeness (QED) is 0.814. The van der Waals surface area contributed by atoms with Crippen LogP contribution in [0, 0.1) is 11.3 Å². The molecule has 0 spiro atoms. The van der Waals surface area contributed by atoms with Crippen LogP contribution in [0.25, 0.3) is 0 Å². The summed E-state index contributed by atoms with van der Waals surface area (Å²) < 4.78 is 28.9. The molecule has 0 aromatic carbocycles. The molecule has 1 N–H and O–H groups in total. The standard InChI is InChI=1S/C15H33N3O2S/c1-7-16-11-14-9-8-10-18(12-14)21(19,20)17(6)13(2)15(3,4)5/h13-14,16H,7-12H2,1-6H3. The summed E-state index contributed by atoms with van der Waals surface area (Å²) in [7, 11) is -1.66. The second-order valence-corrected chi connectivity index (χ2v) is 9.23. The van der Waals surface area contributed by atoms with Gasteiger partial charge in [0.05, 0.1) is 0 Å². The maximum atomic E-state index is 12.8. The van der Waals surface area contributed by atoms with E-state index in [1.54, 1.807) is 15.7 Å². The molecule has 0 aromatic rings. The van der Waals surface area contributed by atoms with Gasteiger partial charge in [0, 0.05) is 26.2 Å². The second kappa shape index (κ2) is 7.40. The Balaban J connectivity index is 2.77. The number of piperidine rings is 1. The molecule has 2 unspecified atom stereocenters. The minimum atomic E-state index is -3.36. The summed E-state index contributed by atoms with van der Waals surface area (Å²) in [5.74, 6) is 0.423. The van der Waals surface area contributed by atoms with Crippen LogP contribution in [0.2, 0.25) is 0 Å². The first kappa shape index (κ1) is 18.9. The van der Waals surface area contributed by atoms with Gasteiger partial charge in [0.25, 0.3) is 10.2 Å². The smallest absolute Gasteiger partial charge is 0.281 e. The van der Waals surface area contributed by atoms with E-state index in [0.29, 0.717) is 19.0 Å². The van der Waals surface area contributed by atoms with Gasteiger partial charge < -0.3 is 5.32 Å². The van der Waals surface area contributed by atoms with Crippen LogP contribution in [0.1, 0.15) is 47.5 Å². The van der Waals surface area contributed by atoms with Crippen molar-refractivity contribution in [2.75, 3.05) is 33.2 Å². The van der Waals surface area contributed by atoms with Crippen molar-refractivity contribution in [3.8, 4) is 0 Å². The van der Waals surface area contributed by atoms with Gasteiger partial charge in [0.15, 0.2) is 0 Å². The van der Waals surface area contributed by atoms with Gasteiger partial charge in [-0.2, -0.15) is 17.0 Å². The third kappa shape index (κ3) is 4.91. The van der Waals surface area contributed by atoms with Gasteiger partial charge in [0.1, 0.15) is 0 Å². The van der Waals surface area contributed by atoms with Gasteiger partial charge in [-0.25, -0.2) is 0 Å². The number of nitrogens with one attached hydrogen (secondary N) is 1. The molecule has 0 amide bonds. The van der Waals surface area contributed by atoms with Crippen LogP contribution in [-0.4, -0.2) is 56.3 Å². The van der Waals surface area contributed by atoms with Crippen molar-refractivity contribution in [2.45, 2.75) is 53.5 Å². The molecule has 5 nitrogen and oxygen atoms in total. The van der Waals surface area contributed by atoms with Crippen LogP contribution in [0.5, 0.6) is 0 Å². The van der Waals surface area contributed by atoms with E-state index in [1.807, 2.05) is 6.92 Å². The highest BCUT2D eigenvalue weighted by atomic mass is 32.2. The number of nitrogens with zero attached hydrogens (tertiary/aromatic N) is 2. The summed E-state index contributed by atoms with van der Waals surface area (Å²) in [5.41, 5.74) is -0.0687. The highest BCUT2D eigenvalue weighted by molar-refractivity contribution is 7.86. The summed E-state index contributed by atoms with van der Waals surface area (Å²) in [5, 5.41) is 3.33. The van der Waals surface area contributed by atoms with Gasteiger partial charge >= 0.3 is 0 Å². The lowest BCUT2D eigenvalue weighted by molar-refractivity contribution is 0.190. The molecule has 0 aromatic heterocycles. The molecular weight excluding hydrogens is 286 g/mol. The zero-order valence-corrected chi connectivity index (χ0v) is 15.3. The van der Waals surface area contributed by atoms with Crippen LogP contribution in [0.15, 0.2) is 0 Å². The van der Waals surface area contributed by atoms with E-state index < -0.39 is 10.2 Å². The zero-order chi connectivity index (χ0) is 16.3. The number of hydrogen-bond acceptors (Lipinski definition) is 3. The van der Waals surface area contributed by atoms with Gasteiger partial charge in [0.2, 0.25) is 0 Å². The summed E-state index contributed by atoms with van der Waals surface area (Å²) in [4.78, 5) is 0. The van der Waals surface area contributed by atoms with Crippen molar-refractivity contribution >= 4 is 10.2 Å². The summed E-state index contributed by atoms with van der Waals surface area (Å²) in [6.45, 7) is 13.4. The molecule has 0 radical (unpaired) electrons. The molecule has 2 atom stereocenters. The molecule has 1 aliphatic rings. The van der Waals surface area contributed by atoms with Gasteiger partial charge in [-0.3, -0.25) is 0 Å². The molecule has 1 rings (SSSR count). The maximum absolute atomic E-state index is 12.8. The molecule has 126 valence electrons. The average molecular weight is 320 g/mol. The van der Waals surface area contributed by atoms with Crippen LogP contribution in [-0.2, 0) is 10.2 Å². The lowest BCUT2D eigenvalue weighted by Crippen LogP contribution is -2.52. The fourth-order valence-electron chi connectivity index (χ4n) is 2.68.